The van der Waals surface area contributed by atoms with Gasteiger partial charge >= 0.3 is 12.1 Å². The number of nitrogens with one attached hydrogen (secondary N) is 1. The zero-order valence-electron chi connectivity index (χ0n) is 24.7. The van der Waals surface area contributed by atoms with E-state index in [1.165, 1.54) is 11.3 Å². The first-order valence-corrected chi connectivity index (χ1v) is 14.6. The molecule has 42 heavy (non-hydrogen) atoms. The molecule has 3 aromatic rings. The largest absolute Gasteiger partial charge is 0.481 e. The normalized spacial score (nSPS) is 13.4. The quantitative estimate of drug-likeness (QED) is 0.255. The lowest BCUT2D eigenvalue weighted by Gasteiger charge is -2.26. The monoisotopic (exact) mass is 605 g/mol. The molecule has 2 N–H and O–H groups in total. The number of carboxylic acids is 1. The van der Waals surface area contributed by atoms with Crippen molar-refractivity contribution in [1.82, 2.24) is 14.8 Å². The predicted octanol–water partition coefficient (Wildman–Crippen LogP) is 6.24. The molecule has 0 unspecified atom stereocenters. The van der Waals surface area contributed by atoms with Crippen molar-refractivity contribution in [3.05, 3.63) is 80.1 Å². The first-order chi connectivity index (χ1) is 19.6. The number of likely N-dealkylation sites (N-methyl/N-ethyl adjacent to an activating group) is 1. The predicted molar refractivity (Wildman–Crippen MR) is 159 cm³/mol. The average Bonchev–Trinajstić information content (AvgIpc) is 3.34. The van der Waals surface area contributed by atoms with Gasteiger partial charge in [0.1, 0.15) is 6.04 Å². The summed E-state index contributed by atoms with van der Waals surface area (Å²) in [5.41, 5.74) is 1.71. The third-order valence-electron chi connectivity index (χ3n) is 7.07. The van der Waals surface area contributed by atoms with Gasteiger partial charge in [-0.05, 0) is 86.0 Å². The van der Waals surface area contributed by atoms with Crippen molar-refractivity contribution in [2.45, 2.75) is 65.2 Å². The van der Waals surface area contributed by atoms with Crippen molar-refractivity contribution in [3.8, 4) is 10.4 Å². The number of halogens is 3. The number of aryl methyl sites for hydroxylation is 2. The highest BCUT2D eigenvalue weighted by Gasteiger charge is 2.35. The summed E-state index contributed by atoms with van der Waals surface area (Å²) in [7, 11) is 3.47. The highest BCUT2D eigenvalue weighted by molar-refractivity contribution is 7.13. The molecule has 0 saturated heterocycles. The molecular formula is C31H38F3N3O4S. The Kier molecular flexibility index (Phi) is 10.8. The molecule has 0 aliphatic heterocycles. The van der Waals surface area contributed by atoms with Gasteiger partial charge in [-0.3, -0.25) is 14.4 Å². The molecule has 1 aromatic carbocycles. The number of carboxylic acid groups (broad SMARTS) is 1. The number of rotatable bonds is 12. The van der Waals surface area contributed by atoms with Gasteiger partial charge in [0, 0.05) is 23.7 Å². The van der Waals surface area contributed by atoms with E-state index in [1.54, 1.807) is 24.4 Å². The summed E-state index contributed by atoms with van der Waals surface area (Å²) in [6.45, 7) is 7.97. The molecule has 0 spiro atoms. The van der Waals surface area contributed by atoms with E-state index in [0.717, 1.165) is 32.3 Å². The molecule has 11 heteroatoms. The number of aromatic nitrogens is 1. The Labute approximate surface area is 248 Å². The lowest BCUT2D eigenvalue weighted by molar-refractivity contribution is -0.139. The molecule has 2 heterocycles. The number of carbonyl (C=O) groups is 2. The Morgan fingerprint density at radius 2 is 1.76 bits per heavy atom. The van der Waals surface area contributed by atoms with Crippen LogP contribution in [-0.2, 0) is 22.2 Å². The molecule has 1 amide bonds. The summed E-state index contributed by atoms with van der Waals surface area (Å²) in [5.74, 6) is -1.84. The smallest absolute Gasteiger partial charge is 0.416 e. The molecule has 0 bridgehead atoms. The van der Waals surface area contributed by atoms with E-state index < -0.39 is 47.7 Å². The van der Waals surface area contributed by atoms with E-state index >= 15 is 0 Å². The van der Waals surface area contributed by atoms with Gasteiger partial charge in [-0.15, -0.1) is 11.3 Å². The molecule has 228 valence electrons. The van der Waals surface area contributed by atoms with E-state index in [4.69, 9.17) is 0 Å². The van der Waals surface area contributed by atoms with Crippen LogP contribution in [0.5, 0.6) is 0 Å². The lowest BCUT2D eigenvalue weighted by atomic mass is 9.98. The summed E-state index contributed by atoms with van der Waals surface area (Å²) >= 11 is 1.43. The number of hydrogen-bond donors (Lipinski definition) is 2. The highest BCUT2D eigenvalue weighted by atomic mass is 32.1. The lowest BCUT2D eigenvalue weighted by Crippen LogP contribution is -2.40. The Balaban J connectivity index is 2.02. The topological polar surface area (TPSA) is 91.6 Å². The van der Waals surface area contributed by atoms with Gasteiger partial charge < -0.3 is 19.9 Å². The van der Waals surface area contributed by atoms with Crippen LogP contribution in [0.2, 0.25) is 0 Å². The van der Waals surface area contributed by atoms with E-state index in [0.29, 0.717) is 18.2 Å². The molecule has 7 nitrogen and oxygen atoms in total. The number of pyridine rings is 1. The number of carbonyl (C=O) groups excluding carboxylic acids is 1. The zero-order chi connectivity index (χ0) is 31.4. The Morgan fingerprint density at radius 1 is 1.12 bits per heavy atom. The van der Waals surface area contributed by atoms with Gasteiger partial charge in [0.05, 0.1) is 18.0 Å². The second-order valence-corrected chi connectivity index (χ2v) is 12.2. The van der Waals surface area contributed by atoms with Crippen LogP contribution in [0.4, 0.5) is 13.2 Å². The van der Waals surface area contributed by atoms with Gasteiger partial charge in [-0.1, -0.05) is 32.0 Å². The maximum Gasteiger partial charge on any atom is 0.416 e. The van der Waals surface area contributed by atoms with Crippen LogP contribution in [0.3, 0.4) is 0 Å². The van der Waals surface area contributed by atoms with Gasteiger partial charge in [-0.2, -0.15) is 13.2 Å². The number of benzene rings is 1. The molecule has 2 atom stereocenters. The molecule has 0 fully saturated rings. The Bertz CT molecular complexity index is 1460. The van der Waals surface area contributed by atoms with E-state index in [9.17, 15) is 32.7 Å². The summed E-state index contributed by atoms with van der Waals surface area (Å²) in [6.07, 6.45) is -3.80. The summed E-state index contributed by atoms with van der Waals surface area (Å²) in [4.78, 5) is 41.3. The number of alkyl halides is 3. The van der Waals surface area contributed by atoms with Gasteiger partial charge in [0.15, 0.2) is 0 Å². The molecule has 0 aliphatic rings. The van der Waals surface area contributed by atoms with E-state index in [1.807, 2.05) is 52.0 Å². The molecule has 0 aliphatic carbocycles. The molecule has 0 saturated carbocycles. The number of aliphatic carboxylic acids is 1. The van der Waals surface area contributed by atoms with Crippen LogP contribution in [0, 0.1) is 19.8 Å². The van der Waals surface area contributed by atoms with Crippen LogP contribution in [-0.4, -0.2) is 47.1 Å². The second-order valence-electron chi connectivity index (χ2n) is 11.3. The van der Waals surface area contributed by atoms with Crippen LogP contribution >= 0.6 is 11.3 Å². The molecule has 2 aromatic heterocycles. The molecule has 3 rings (SSSR count). The highest BCUT2D eigenvalue weighted by Crippen LogP contribution is 2.36. The van der Waals surface area contributed by atoms with Crippen LogP contribution in [0.1, 0.15) is 66.6 Å². The van der Waals surface area contributed by atoms with E-state index in [2.05, 4.69) is 5.32 Å². The first-order valence-electron chi connectivity index (χ1n) is 13.7. The third kappa shape index (κ3) is 8.32. The second kappa shape index (κ2) is 13.7. The van der Waals surface area contributed by atoms with Gasteiger partial charge in [0.25, 0.3) is 5.56 Å². The number of nitrogens with zero attached hydrogens (tertiary/aromatic N) is 2. The number of thiophene rings is 1. The minimum Gasteiger partial charge on any atom is -0.481 e. The third-order valence-corrected chi connectivity index (χ3v) is 8.04. The SMILES string of the molecule is Cc1cccc(C)c1-c1cc([C@@H](CC(=O)O)NC(=O)[C@H](CC(C)C)n2cc(CCN(C)C)c(C(F)(F)F)cc2=O)cs1. The summed E-state index contributed by atoms with van der Waals surface area (Å²) in [6, 6.07) is 6.31. The van der Waals surface area contributed by atoms with Crippen molar-refractivity contribution < 1.29 is 27.9 Å². The van der Waals surface area contributed by atoms with Crippen LogP contribution in [0.15, 0.2) is 46.7 Å². The Morgan fingerprint density at radius 3 is 2.31 bits per heavy atom. The van der Waals surface area contributed by atoms with Gasteiger partial charge in [0.2, 0.25) is 5.91 Å². The number of hydrogen-bond acceptors (Lipinski definition) is 5. The number of amides is 1. The fraction of sp³-hybridized carbons (Fsp3) is 0.452. The standard InChI is InChI=1S/C31H38F3N3O4S/c1-18(2)12-25(37-16-21(10-11-36(5)6)23(14-27(37)38)31(32,33)34)30(41)35-24(15-28(39)40)22-13-26(42-17-22)29-19(3)8-7-9-20(29)4/h7-9,13-14,16-18,24-25H,10-12,15H2,1-6H3,(H,35,41)(H,39,40)/t24-,25+/m1/s1. The maximum absolute atomic E-state index is 13.8. The zero-order valence-corrected chi connectivity index (χ0v) is 25.5. The fourth-order valence-corrected chi connectivity index (χ4v) is 6.14. The summed E-state index contributed by atoms with van der Waals surface area (Å²) in [5, 5.41) is 14.3. The molecule has 0 radical (unpaired) electrons. The summed E-state index contributed by atoms with van der Waals surface area (Å²) < 4.78 is 42.5. The average molecular weight is 606 g/mol. The van der Waals surface area contributed by atoms with Gasteiger partial charge in [-0.25, -0.2) is 0 Å². The van der Waals surface area contributed by atoms with Crippen molar-refractivity contribution in [2.24, 2.45) is 5.92 Å². The van der Waals surface area contributed by atoms with Crippen molar-refractivity contribution in [2.75, 3.05) is 20.6 Å². The maximum atomic E-state index is 13.8. The minimum absolute atomic E-state index is 0.0236. The van der Waals surface area contributed by atoms with E-state index in [-0.39, 0.29) is 24.3 Å². The van der Waals surface area contributed by atoms with Crippen molar-refractivity contribution >= 4 is 23.2 Å². The Hall–Kier alpha value is -3.44. The fourth-order valence-electron chi connectivity index (χ4n) is 5.00. The molecular weight excluding hydrogens is 567 g/mol. The first kappa shape index (κ1) is 33.1. The van der Waals surface area contributed by atoms with Crippen molar-refractivity contribution in [3.63, 3.8) is 0 Å². The van der Waals surface area contributed by atoms with Crippen LogP contribution in [0.25, 0.3) is 10.4 Å². The van der Waals surface area contributed by atoms with Crippen LogP contribution < -0.4 is 10.9 Å². The van der Waals surface area contributed by atoms with Crippen molar-refractivity contribution in [1.29, 1.82) is 0 Å². The minimum atomic E-state index is -4.73.